The molecule has 0 saturated carbocycles. The number of benzene rings is 1. The molecule has 0 radical (unpaired) electrons. The standard InChI is InChI=1S/C20H27F3N2O4S/c1-18(2,3)14-17(26)24-10-8-19(9-11-24)25(12-13-29-19)30(27,28)16-6-4-15(5-7-16)20(21,22)23/h4-7H,8-14H2,1-3H3. The van der Waals surface area contributed by atoms with Crippen molar-refractivity contribution >= 4 is 15.9 Å². The number of ether oxygens (including phenoxy) is 1. The molecule has 0 N–H and O–H groups in total. The lowest BCUT2D eigenvalue weighted by molar-refractivity contribution is -0.142. The number of sulfonamides is 1. The van der Waals surface area contributed by atoms with Crippen LogP contribution < -0.4 is 0 Å². The Hall–Kier alpha value is -1.65. The first kappa shape index (κ1) is 23.0. The molecular formula is C20H27F3N2O4S. The van der Waals surface area contributed by atoms with Gasteiger partial charge >= 0.3 is 6.18 Å². The second-order valence-corrected chi connectivity index (χ2v) is 10.9. The maximum atomic E-state index is 13.2. The van der Waals surface area contributed by atoms with E-state index in [4.69, 9.17) is 4.74 Å². The van der Waals surface area contributed by atoms with Crippen LogP contribution in [0.15, 0.2) is 29.2 Å². The van der Waals surface area contributed by atoms with Crippen LogP contribution >= 0.6 is 0 Å². The van der Waals surface area contributed by atoms with Gasteiger partial charge in [0.15, 0.2) is 0 Å². The van der Waals surface area contributed by atoms with Crippen LogP contribution in [-0.2, 0) is 25.7 Å². The molecule has 1 aromatic rings. The van der Waals surface area contributed by atoms with E-state index in [2.05, 4.69) is 0 Å². The summed E-state index contributed by atoms with van der Waals surface area (Å²) in [7, 11) is -4.04. The number of amides is 1. The molecule has 2 aliphatic heterocycles. The Morgan fingerprint density at radius 2 is 1.63 bits per heavy atom. The molecule has 0 bridgehead atoms. The van der Waals surface area contributed by atoms with E-state index in [-0.39, 0.29) is 29.4 Å². The molecule has 2 fully saturated rings. The van der Waals surface area contributed by atoms with Gasteiger partial charge in [0.1, 0.15) is 5.72 Å². The van der Waals surface area contributed by atoms with Crippen molar-refractivity contribution in [2.45, 2.75) is 56.8 Å². The fourth-order valence-electron chi connectivity index (χ4n) is 3.94. The fraction of sp³-hybridized carbons (Fsp3) is 0.650. The van der Waals surface area contributed by atoms with Gasteiger partial charge in [-0.15, -0.1) is 0 Å². The highest BCUT2D eigenvalue weighted by Crippen LogP contribution is 2.39. The van der Waals surface area contributed by atoms with E-state index in [1.165, 1.54) is 4.31 Å². The molecule has 0 aromatic heterocycles. The molecule has 3 rings (SSSR count). The highest BCUT2D eigenvalue weighted by atomic mass is 32.2. The maximum absolute atomic E-state index is 13.2. The summed E-state index contributed by atoms with van der Waals surface area (Å²) in [6, 6.07) is 3.49. The monoisotopic (exact) mass is 448 g/mol. The summed E-state index contributed by atoms with van der Waals surface area (Å²) in [5, 5.41) is 0. The average molecular weight is 449 g/mol. The van der Waals surface area contributed by atoms with E-state index in [9.17, 15) is 26.4 Å². The molecule has 0 aliphatic carbocycles. The molecule has 2 heterocycles. The Kier molecular flexibility index (Phi) is 5.98. The van der Waals surface area contributed by atoms with Gasteiger partial charge in [-0.2, -0.15) is 17.5 Å². The van der Waals surface area contributed by atoms with E-state index in [1.807, 2.05) is 20.8 Å². The van der Waals surface area contributed by atoms with Crippen LogP contribution in [0.25, 0.3) is 0 Å². The molecule has 1 spiro atoms. The highest BCUT2D eigenvalue weighted by molar-refractivity contribution is 7.89. The van der Waals surface area contributed by atoms with Crippen molar-refractivity contribution in [2.24, 2.45) is 5.41 Å². The van der Waals surface area contributed by atoms with Crippen LogP contribution in [0.1, 0.15) is 45.6 Å². The van der Waals surface area contributed by atoms with E-state index in [0.29, 0.717) is 32.4 Å². The molecule has 2 saturated heterocycles. The third kappa shape index (κ3) is 4.65. The Morgan fingerprint density at radius 3 is 2.13 bits per heavy atom. The minimum atomic E-state index is -4.54. The average Bonchev–Trinajstić information content (AvgIpc) is 3.04. The number of nitrogens with zero attached hydrogens (tertiary/aromatic N) is 2. The van der Waals surface area contributed by atoms with Crippen molar-refractivity contribution in [1.29, 1.82) is 0 Å². The van der Waals surface area contributed by atoms with E-state index < -0.39 is 27.5 Å². The highest BCUT2D eigenvalue weighted by Gasteiger charge is 2.51. The van der Waals surface area contributed by atoms with Crippen LogP contribution in [0, 0.1) is 5.41 Å². The Morgan fingerprint density at radius 1 is 1.07 bits per heavy atom. The second kappa shape index (κ2) is 7.80. The van der Waals surface area contributed by atoms with Crippen LogP contribution in [0.3, 0.4) is 0 Å². The van der Waals surface area contributed by atoms with Crippen molar-refractivity contribution < 1.29 is 31.1 Å². The van der Waals surface area contributed by atoms with Gasteiger partial charge in [-0.05, 0) is 29.7 Å². The van der Waals surface area contributed by atoms with Gasteiger partial charge in [0, 0.05) is 38.9 Å². The van der Waals surface area contributed by atoms with Crippen LogP contribution in [0.2, 0.25) is 0 Å². The van der Waals surface area contributed by atoms with Gasteiger partial charge in [0.2, 0.25) is 15.9 Å². The van der Waals surface area contributed by atoms with Gasteiger partial charge in [0.25, 0.3) is 0 Å². The van der Waals surface area contributed by atoms with Gasteiger partial charge in [0.05, 0.1) is 17.1 Å². The molecule has 1 amide bonds. The van der Waals surface area contributed by atoms with Crippen molar-refractivity contribution in [3.05, 3.63) is 29.8 Å². The van der Waals surface area contributed by atoms with Crippen LogP contribution in [0.5, 0.6) is 0 Å². The van der Waals surface area contributed by atoms with E-state index in [1.54, 1.807) is 4.90 Å². The minimum Gasteiger partial charge on any atom is -0.358 e. The number of halogens is 3. The summed E-state index contributed by atoms with van der Waals surface area (Å²) in [6.45, 7) is 7.01. The zero-order valence-corrected chi connectivity index (χ0v) is 18.1. The van der Waals surface area contributed by atoms with E-state index in [0.717, 1.165) is 24.3 Å². The first-order chi connectivity index (χ1) is 13.7. The number of carbonyl (C=O) groups excluding carboxylic acids is 1. The molecule has 1 aromatic carbocycles. The SMILES string of the molecule is CC(C)(C)CC(=O)N1CCC2(CC1)OCCN2S(=O)(=O)c1ccc(C(F)(F)F)cc1. The lowest BCUT2D eigenvalue weighted by Gasteiger charge is -2.43. The molecule has 0 unspecified atom stereocenters. The Balaban J connectivity index is 1.76. The van der Waals surface area contributed by atoms with Crippen molar-refractivity contribution in [3.8, 4) is 0 Å². The quantitative estimate of drug-likeness (QED) is 0.710. The number of likely N-dealkylation sites (tertiary alicyclic amines) is 1. The number of hydrogen-bond donors (Lipinski definition) is 0. The summed E-state index contributed by atoms with van der Waals surface area (Å²) in [4.78, 5) is 14.0. The Labute approximate surface area is 175 Å². The smallest absolute Gasteiger partial charge is 0.358 e. The number of alkyl halides is 3. The molecule has 10 heteroatoms. The van der Waals surface area contributed by atoms with Crippen LogP contribution in [-0.4, -0.2) is 55.5 Å². The largest absolute Gasteiger partial charge is 0.416 e. The number of carbonyl (C=O) groups is 1. The van der Waals surface area contributed by atoms with E-state index >= 15 is 0 Å². The van der Waals surface area contributed by atoms with Crippen LogP contribution in [0.4, 0.5) is 13.2 Å². The second-order valence-electron chi connectivity index (χ2n) is 9.01. The van der Waals surface area contributed by atoms with Crippen molar-refractivity contribution in [3.63, 3.8) is 0 Å². The Bertz CT molecular complexity index is 884. The van der Waals surface area contributed by atoms with Crippen molar-refractivity contribution in [1.82, 2.24) is 9.21 Å². The summed E-state index contributed by atoms with van der Waals surface area (Å²) >= 11 is 0. The first-order valence-corrected chi connectivity index (χ1v) is 11.3. The van der Waals surface area contributed by atoms with Crippen molar-refractivity contribution in [2.75, 3.05) is 26.2 Å². The molecular weight excluding hydrogens is 421 g/mol. The number of hydrogen-bond acceptors (Lipinski definition) is 4. The van der Waals surface area contributed by atoms with Gasteiger partial charge in [-0.3, -0.25) is 4.79 Å². The zero-order valence-electron chi connectivity index (χ0n) is 17.3. The third-order valence-electron chi connectivity index (χ3n) is 5.47. The van der Waals surface area contributed by atoms with Gasteiger partial charge in [-0.25, -0.2) is 8.42 Å². The zero-order chi connectivity index (χ0) is 22.4. The summed E-state index contributed by atoms with van der Waals surface area (Å²) in [6.07, 6.45) is -3.49. The van der Waals surface area contributed by atoms with Gasteiger partial charge < -0.3 is 9.64 Å². The number of rotatable bonds is 3. The summed E-state index contributed by atoms with van der Waals surface area (Å²) in [5.41, 5.74) is -2.12. The predicted octanol–water partition coefficient (Wildman–Crippen LogP) is 3.48. The fourth-order valence-corrected chi connectivity index (χ4v) is 5.66. The maximum Gasteiger partial charge on any atom is 0.416 e. The normalized spacial score (nSPS) is 20.7. The first-order valence-electron chi connectivity index (χ1n) is 9.87. The molecule has 168 valence electrons. The third-order valence-corrected chi connectivity index (χ3v) is 7.43. The molecule has 30 heavy (non-hydrogen) atoms. The molecule has 2 aliphatic rings. The predicted molar refractivity (Wildman–Crippen MR) is 104 cm³/mol. The molecule has 0 atom stereocenters. The lowest BCUT2D eigenvalue weighted by atomic mass is 9.91. The summed E-state index contributed by atoms with van der Waals surface area (Å²) in [5.74, 6) is 0.0208. The number of piperidine rings is 1. The molecule has 6 nitrogen and oxygen atoms in total. The minimum absolute atomic E-state index is 0.0208. The van der Waals surface area contributed by atoms with Gasteiger partial charge in [-0.1, -0.05) is 20.8 Å². The topological polar surface area (TPSA) is 66.9 Å². The summed E-state index contributed by atoms with van der Waals surface area (Å²) < 4.78 is 71.8. The lowest BCUT2D eigenvalue weighted by Crippen LogP contribution is -2.55.